The number of hydrogen-bond acceptors (Lipinski definition) is 3. The van der Waals surface area contributed by atoms with Crippen LogP contribution < -0.4 is 5.32 Å². The zero-order valence-corrected chi connectivity index (χ0v) is 9.69. The molecule has 1 aromatic carbocycles. The highest BCUT2D eigenvalue weighted by molar-refractivity contribution is 7.22. The molecule has 1 aliphatic rings. The van der Waals surface area contributed by atoms with Crippen LogP contribution in [0.3, 0.4) is 0 Å². The van der Waals surface area contributed by atoms with Gasteiger partial charge in [-0.2, -0.15) is 0 Å². The molecule has 0 aliphatic heterocycles. The third-order valence-corrected chi connectivity index (χ3v) is 3.87. The number of rotatable bonds is 4. The number of nitrogens with zero attached hydrogens (tertiary/aromatic N) is 1. The Bertz CT molecular complexity index is 505. The summed E-state index contributed by atoms with van der Waals surface area (Å²) in [5, 5.41) is 4.21. The van der Waals surface area contributed by atoms with Crippen molar-refractivity contribution in [3.63, 3.8) is 0 Å². The molecule has 1 aliphatic carbocycles. The Labute approximate surface area is 97.5 Å². The van der Waals surface area contributed by atoms with Gasteiger partial charge in [-0.15, -0.1) is 0 Å². The molecule has 0 unspecified atom stereocenters. The predicted octanol–water partition coefficient (Wildman–Crippen LogP) is 3.65. The fourth-order valence-corrected chi connectivity index (χ4v) is 2.64. The summed E-state index contributed by atoms with van der Waals surface area (Å²) in [5.74, 6) is 0.710. The number of fused-ring (bicyclic) bond motifs is 1. The number of aromatic nitrogens is 1. The normalized spacial score (nSPS) is 15.6. The van der Waals surface area contributed by atoms with Crippen molar-refractivity contribution in [2.45, 2.75) is 19.3 Å². The molecule has 1 N–H and O–H groups in total. The van der Waals surface area contributed by atoms with Crippen molar-refractivity contribution in [3.8, 4) is 0 Å². The molecule has 16 heavy (non-hydrogen) atoms. The maximum Gasteiger partial charge on any atom is 0.183 e. The fourth-order valence-electron chi connectivity index (χ4n) is 1.77. The van der Waals surface area contributed by atoms with Gasteiger partial charge in [-0.05, 0) is 24.5 Å². The second-order valence-corrected chi connectivity index (χ2v) is 5.32. The predicted molar refractivity (Wildman–Crippen MR) is 65.4 cm³/mol. The van der Waals surface area contributed by atoms with Gasteiger partial charge in [0.2, 0.25) is 0 Å². The van der Waals surface area contributed by atoms with E-state index >= 15 is 0 Å². The standard InChI is InChI=1S/C12H13FN2S/c13-9-3-4-11-10(7-9)15-12(16-11)14-6-5-8-1-2-8/h3-4,7-8H,1-2,5-6H2,(H,14,15). The quantitative estimate of drug-likeness (QED) is 0.876. The molecule has 1 saturated carbocycles. The van der Waals surface area contributed by atoms with Gasteiger partial charge in [0.25, 0.3) is 0 Å². The molecule has 0 amide bonds. The summed E-state index contributed by atoms with van der Waals surface area (Å²) in [4.78, 5) is 4.36. The van der Waals surface area contributed by atoms with Crippen LogP contribution in [-0.4, -0.2) is 11.5 Å². The van der Waals surface area contributed by atoms with Crippen molar-refractivity contribution in [3.05, 3.63) is 24.0 Å². The molecule has 0 atom stereocenters. The molecule has 0 spiro atoms. The van der Waals surface area contributed by atoms with Gasteiger partial charge in [0.15, 0.2) is 5.13 Å². The lowest BCUT2D eigenvalue weighted by Gasteiger charge is -1.99. The van der Waals surface area contributed by atoms with Crippen LogP contribution in [0.25, 0.3) is 10.2 Å². The van der Waals surface area contributed by atoms with Gasteiger partial charge in [-0.25, -0.2) is 9.37 Å². The van der Waals surface area contributed by atoms with Gasteiger partial charge in [0.05, 0.1) is 10.2 Å². The second kappa shape index (κ2) is 4.01. The summed E-state index contributed by atoms with van der Waals surface area (Å²) >= 11 is 1.59. The molecule has 3 rings (SSSR count). The van der Waals surface area contributed by atoms with E-state index in [0.717, 1.165) is 27.8 Å². The third-order valence-electron chi connectivity index (χ3n) is 2.88. The summed E-state index contributed by atoms with van der Waals surface area (Å²) in [6, 6.07) is 4.75. The minimum absolute atomic E-state index is 0.220. The van der Waals surface area contributed by atoms with E-state index in [2.05, 4.69) is 10.3 Å². The summed E-state index contributed by atoms with van der Waals surface area (Å²) < 4.78 is 14.0. The molecule has 4 heteroatoms. The topological polar surface area (TPSA) is 24.9 Å². The summed E-state index contributed by atoms with van der Waals surface area (Å²) in [7, 11) is 0. The van der Waals surface area contributed by atoms with Gasteiger partial charge in [0, 0.05) is 12.6 Å². The van der Waals surface area contributed by atoms with Crippen LogP contribution in [-0.2, 0) is 0 Å². The highest BCUT2D eigenvalue weighted by Gasteiger charge is 2.20. The molecule has 2 nitrogen and oxygen atoms in total. The molecular weight excluding hydrogens is 223 g/mol. The number of anilines is 1. The van der Waals surface area contributed by atoms with Crippen molar-refractivity contribution in [2.24, 2.45) is 5.92 Å². The minimum atomic E-state index is -0.220. The van der Waals surface area contributed by atoms with Crippen LogP contribution in [0, 0.1) is 11.7 Å². The lowest BCUT2D eigenvalue weighted by molar-refractivity contribution is 0.629. The van der Waals surface area contributed by atoms with Crippen LogP contribution >= 0.6 is 11.3 Å². The fraction of sp³-hybridized carbons (Fsp3) is 0.417. The molecule has 0 bridgehead atoms. The van der Waals surface area contributed by atoms with Gasteiger partial charge in [-0.1, -0.05) is 24.2 Å². The average molecular weight is 236 g/mol. The van der Waals surface area contributed by atoms with Gasteiger partial charge < -0.3 is 5.32 Å². The lowest BCUT2D eigenvalue weighted by atomic mass is 10.3. The molecule has 1 fully saturated rings. The summed E-state index contributed by atoms with van der Waals surface area (Å²) in [6.07, 6.45) is 3.99. The SMILES string of the molecule is Fc1ccc2sc(NCCC3CC3)nc2c1. The first-order chi connectivity index (χ1) is 7.81. The third kappa shape index (κ3) is 2.16. The van der Waals surface area contributed by atoms with E-state index in [-0.39, 0.29) is 5.82 Å². The van der Waals surface area contributed by atoms with E-state index in [9.17, 15) is 4.39 Å². The monoisotopic (exact) mass is 236 g/mol. The Hall–Kier alpha value is -1.16. The Morgan fingerprint density at radius 3 is 3.12 bits per heavy atom. The van der Waals surface area contributed by atoms with E-state index in [1.807, 2.05) is 0 Å². The summed E-state index contributed by atoms with van der Waals surface area (Å²) in [5.41, 5.74) is 0.749. The van der Waals surface area contributed by atoms with Crippen molar-refractivity contribution >= 4 is 26.7 Å². The van der Waals surface area contributed by atoms with Crippen LogP contribution in [0.15, 0.2) is 18.2 Å². The molecule has 0 saturated heterocycles. The Morgan fingerprint density at radius 1 is 1.44 bits per heavy atom. The lowest BCUT2D eigenvalue weighted by Crippen LogP contribution is -2.01. The Morgan fingerprint density at radius 2 is 2.31 bits per heavy atom. The van der Waals surface area contributed by atoms with Crippen molar-refractivity contribution in [1.82, 2.24) is 4.98 Å². The number of hydrogen-bond donors (Lipinski definition) is 1. The molecule has 1 aromatic heterocycles. The minimum Gasteiger partial charge on any atom is -0.361 e. The molecule has 2 aromatic rings. The van der Waals surface area contributed by atoms with Crippen LogP contribution in [0.1, 0.15) is 19.3 Å². The van der Waals surface area contributed by atoms with E-state index < -0.39 is 0 Å². The first-order valence-corrected chi connectivity index (χ1v) is 6.43. The van der Waals surface area contributed by atoms with Crippen molar-refractivity contribution < 1.29 is 4.39 Å². The second-order valence-electron chi connectivity index (χ2n) is 4.29. The number of thiazole rings is 1. The maximum absolute atomic E-state index is 13.0. The molecular formula is C12H13FN2S. The highest BCUT2D eigenvalue weighted by atomic mass is 32.1. The van der Waals surface area contributed by atoms with Gasteiger partial charge in [-0.3, -0.25) is 0 Å². The zero-order valence-electron chi connectivity index (χ0n) is 8.87. The molecule has 0 radical (unpaired) electrons. The van der Waals surface area contributed by atoms with E-state index in [1.165, 1.54) is 31.4 Å². The summed E-state index contributed by atoms with van der Waals surface area (Å²) in [6.45, 7) is 0.979. The van der Waals surface area contributed by atoms with Crippen LogP contribution in [0.4, 0.5) is 9.52 Å². The zero-order chi connectivity index (χ0) is 11.0. The smallest absolute Gasteiger partial charge is 0.183 e. The van der Waals surface area contributed by atoms with Gasteiger partial charge >= 0.3 is 0 Å². The Kier molecular flexibility index (Phi) is 2.52. The van der Waals surface area contributed by atoms with Gasteiger partial charge in [0.1, 0.15) is 5.82 Å². The Balaban J connectivity index is 1.71. The van der Waals surface area contributed by atoms with Crippen molar-refractivity contribution in [2.75, 3.05) is 11.9 Å². The number of nitrogens with one attached hydrogen (secondary N) is 1. The van der Waals surface area contributed by atoms with E-state index in [4.69, 9.17) is 0 Å². The van der Waals surface area contributed by atoms with Crippen LogP contribution in [0.2, 0.25) is 0 Å². The largest absolute Gasteiger partial charge is 0.361 e. The number of halogens is 1. The molecule has 1 heterocycles. The molecule has 84 valence electrons. The highest BCUT2D eigenvalue weighted by Crippen LogP contribution is 2.32. The van der Waals surface area contributed by atoms with E-state index in [0.29, 0.717) is 0 Å². The van der Waals surface area contributed by atoms with Crippen molar-refractivity contribution in [1.29, 1.82) is 0 Å². The first kappa shape index (κ1) is 10.0. The average Bonchev–Trinajstić information content (AvgIpc) is 2.98. The maximum atomic E-state index is 13.0. The first-order valence-electron chi connectivity index (χ1n) is 5.61. The van der Waals surface area contributed by atoms with E-state index in [1.54, 1.807) is 17.4 Å². The van der Waals surface area contributed by atoms with Crippen LogP contribution in [0.5, 0.6) is 0 Å². The number of benzene rings is 1.